The molecule has 176 valence electrons. The summed E-state index contributed by atoms with van der Waals surface area (Å²) in [4.78, 5) is 1.32. The van der Waals surface area contributed by atoms with Crippen LogP contribution in [0.1, 0.15) is 11.1 Å². The number of phenolic OH excluding ortho intramolecular Hbond substituents is 1. The first-order valence-corrected chi connectivity index (χ1v) is 11.7. The van der Waals surface area contributed by atoms with Crippen LogP contribution < -0.4 is 0 Å². The van der Waals surface area contributed by atoms with Crippen molar-refractivity contribution in [3.63, 3.8) is 0 Å². The van der Waals surface area contributed by atoms with Crippen LogP contribution in [-0.2, 0) is 25.7 Å². The lowest BCUT2D eigenvalue weighted by molar-refractivity contribution is -0.438. The zero-order chi connectivity index (χ0) is 24.5. The Kier molecular flexibility index (Phi) is 9.31. The van der Waals surface area contributed by atoms with Crippen molar-refractivity contribution in [3.05, 3.63) is 23.3 Å². The molecule has 0 unspecified atom stereocenters. The maximum Gasteiger partial charge on any atom is 0.438 e. The van der Waals surface area contributed by atoms with Crippen molar-refractivity contribution in [2.75, 3.05) is 12.5 Å². The van der Waals surface area contributed by atoms with E-state index in [0.717, 1.165) is 11.1 Å². The van der Waals surface area contributed by atoms with Crippen molar-refractivity contribution in [1.82, 2.24) is 0 Å². The Morgan fingerprint density at radius 2 is 1.33 bits per heavy atom. The highest BCUT2D eigenvalue weighted by Gasteiger charge is 2.71. The van der Waals surface area contributed by atoms with Gasteiger partial charge in [0.2, 0.25) is 0 Å². The van der Waals surface area contributed by atoms with E-state index in [1.165, 1.54) is 4.90 Å². The quantitative estimate of drug-likeness (QED) is 0.168. The Morgan fingerprint density at radius 3 is 1.60 bits per heavy atom. The number of ether oxygens (including phenoxy) is 1. The second-order valence-corrected chi connectivity index (χ2v) is 10.7. The Morgan fingerprint density at radius 1 is 0.967 bits per heavy atom. The monoisotopic (exact) mass is 606 g/mol. The molecule has 0 atom stereocenters. The van der Waals surface area contributed by atoms with Crippen LogP contribution in [0.5, 0.6) is 5.75 Å². The predicted octanol–water partition coefficient (Wildman–Crippen LogP) is 4.60. The topological polar surface area (TPSA) is 86.7 Å². The van der Waals surface area contributed by atoms with Crippen molar-refractivity contribution in [1.29, 1.82) is 0 Å². The van der Waals surface area contributed by atoms with Crippen LogP contribution in [0, 0.1) is 13.8 Å². The molecular weight excluding hydrogens is 591 g/mol. The van der Waals surface area contributed by atoms with Crippen LogP contribution in [0.25, 0.3) is 0 Å². The molecule has 0 aliphatic carbocycles. The SMILES string of the molecule is Cc1cc([S+](C)C)cc(C)c1O.O=S(=O)([O-])C(F)(F)C(F)(F)OC(F)(F)C(F)(F)I. The molecule has 1 N–H and O–H groups in total. The zero-order valence-electron chi connectivity index (χ0n) is 15.5. The van der Waals surface area contributed by atoms with Crippen molar-refractivity contribution in [3.8, 4) is 5.75 Å². The maximum atomic E-state index is 12.4. The van der Waals surface area contributed by atoms with Gasteiger partial charge in [-0.3, -0.25) is 0 Å². The molecule has 30 heavy (non-hydrogen) atoms. The average Bonchev–Trinajstić information content (AvgIpc) is 2.49. The van der Waals surface area contributed by atoms with Crippen molar-refractivity contribution in [2.45, 2.75) is 40.1 Å². The normalized spacial score (nSPS) is 13.8. The van der Waals surface area contributed by atoms with Gasteiger partial charge in [-0.2, -0.15) is 35.1 Å². The molecule has 0 bridgehead atoms. The molecule has 0 amide bonds. The van der Waals surface area contributed by atoms with Crippen LogP contribution >= 0.6 is 22.6 Å². The van der Waals surface area contributed by atoms with E-state index in [-0.39, 0.29) is 10.9 Å². The number of phenols is 1. The van der Waals surface area contributed by atoms with Gasteiger partial charge in [0.1, 0.15) is 18.3 Å². The molecule has 1 aromatic carbocycles. The minimum absolute atomic E-state index is 0.281. The fourth-order valence-corrected chi connectivity index (χ4v) is 2.84. The van der Waals surface area contributed by atoms with Crippen LogP contribution in [-0.4, -0.2) is 52.0 Å². The fourth-order valence-electron chi connectivity index (χ4n) is 1.58. The number of aryl methyl sites for hydroxylation is 2. The highest BCUT2D eigenvalue weighted by molar-refractivity contribution is 14.1. The minimum atomic E-state index is -7.12. The number of halogens is 9. The maximum absolute atomic E-state index is 12.4. The summed E-state index contributed by atoms with van der Waals surface area (Å²) >= 11 is -0.406. The number of rotatable bonds is 6. The summed E-state index contributed by atoms with van der Waals surface area (Å²) in [6.07, 6.45) is -8.41. The van der Waals surface area contributed by atoms with Gasteiger partial charge in [0.25, 0.3) is 0 Å². The summed E-state index contributed by atoms with van der Waals surface area (Å²) in [7, 11) is -6.84. The summed E-state index contributed by atoms with van der Waals surface area (Å²) in [5.41, 5.74) is 1.96. The molecule has 1 aromatic rings. The van der Waals surface area contributed by atoms with Crippen LogP contribution in [0.15, 0.2) is 17.0 Å². The van der Waals surface area contributed by atoms with E-state index >= 15 is 0 Å². The van der Waals surface area contributed by atoms with E-state index in [1.807, 2.05) is 18.6 Å². The zero-order valence-corrected chi connectivity index (χ0v) is 19.2. The Bertz CT molecular complexity index is 833. The first kappa shape index (κ1) is 29.4. The lowest BCUT2D eigenvalue weighted by atomic mass is 10.1. The molecule has 0 saturated heterocycles. The van der Waals surface area contributed by atoms with Crippen LogP contribution in [0.2, 0.25) is 0 Å². The van der Waals surface area contributed by atoms with E-state index in [4.69, 9.17) is 0 Å². The predicted molar refractivity (Wildman–Crippen MR) is 99.7 cm³/mol. The molecule has 0 saturated carbocycles. The Labute approximate surface area is 183 Å². The van der Waals surface area contributed by atoms with E-state index in [0.29, 0.717) is 5.75 Å². The number of benzene rings is 1. The molecule has 0 aliphatic rings. The third-order valence-electron chi connectivity index (χ3n) is 3.18. The van der Waals surface area contributed by atoms with Gasteiger partial charge in [-0.15, -0.1) is 0 Å². The molecule has 0 aliphatic heterocycles. The van der Waals surface area contributed by atoms with Gasteiger partial charge in [-0.05, 0) is 37.1 Å². The van der Waals surface area contributed by atoms with Gasteiger partial charge >= 0.3 is 21.4 Å². The summed E-state index contributed by atoms with van der Waals surface area (Å²) in [6, 6.07) is 4.12. The highest BCUT2D eigenvalue weighted by Crippen LogP contribution is 2.48. The van der Waals surface area contributed by atoms with Crippen molar-refractivity contribution in [2.24, 2.45) is 0 Å². The van der Waals surface area contributed by atoms with Gasteiger partial charge in [0, 0.05) is 33.5 Å². The molecule has 5 nitrogen and oxygen atoms in total. The van der Waals surface area contributed by atoms with Gasteiger partial charge in [0.05, 0.1) is 0 Å². The molecule has 1 rings (SSSR count). The first-order chi connectivity index (χ1) is 13.0. The van der Waals surface area contributed by atoms with Crippen molar-refractivity contribution < 1.29 is 57.9 Å². The molecule has 0 radical (unpaired) electrons. The Balaban J connectivity index is 0.000000604. The molecule has 0 aromatic heterocycles. The smallest absolute Gasteiger partial charge is 0.438 e. The van der Waals surface area contributed by atoms with Gasteiger partial charge < -0.3 is 9.66 Å². The lowest BCUT2D eigenvalue weighted by Gasteiger charge is -2.31. The molecular formula is C14H15F8IO5S2. The lowest BCUT2D eigenvalue weighted by Crippen LogP contribution is -2.54. The second-order valence-electron chi connectivity index (χ2n) is 5.83. The van der Waals surface area contributed by atoms with Gasteiger partial charge in [-0.25, -0.2) is 13.2 Å². The molecule has 16 heteroatoms. The highest BCUT2D eigenvalue weighted by atomic mass is 127. The number of aromatic hydroxyl groups is 1. The van der Waals surface area contributed by atoms with Gasteiger partial charge in [0.15, 0.2) is 15.0 Å². The van der Waals surface area contributed by atoms with E-state index in [1.54, 1.807) is 0 Å². The van der Waals surface area contributed by atoms with E-state index < -0.39 is 54.1 Å². The number of alkyl halides is 9. The number of hydrogen-bond donors (Lipinski definition) is 1. The summed E-state index contributed by atoms with van der Waals surface area (Å²) < 4.78 is 123. The van der Waals surface area contributed by atoms with Crippen LogP contribution in [0.3, 0.4) is 0 Å². The molecule has 0 heterocycles. The Hall–Kier alpha value is -0.590. The summed E-state index contributed by atoms with van der Waals surface area (Å²) in [5, 5.41) is 2.87. The molecule has 0 spiro atoms. The largest absolute Gasteiger partial charge is 0.743 e. The third-order valence-corrected chi connectivity index (χ3v) is 5.85. The van der Waals surface area contributed by atoms with Crippen LogP contribution in [0.4, 0.5) is 35.1 Å². The fraction of sp³-hybridized carbons (Fsp3) is 0.571. The summed E-state index contributed by atoms with van der Waals surface area (Å²) in [6.45, 7) is 3.89. The number of hydrogen-bond acceptors (Lipinski definition) is 5. The second kappa shape index (κ2) is 9.50. The summed E-state index contributed by atoms with van der Waals surface area (Å²) in [5.74, 6) is 0.434. The average molecular weight is 606 g/mol. The minimum Gasteiger partial charge on any atom is -0.743 e. The van der Waals surface area contributed by atoms with E-state index in [2.05, 4.69) is 24.6 Å². The standard InChI is InChI=1S/C10H14OS.C4HF8IO4S/c1-7-5-9(12(3)4)6-8(2)10(7)11;5-1(6,13)2(7,8)17-3(9,10)4(11,12)18(14,15)16/h5-6H,1-4H3;(H,14,15,16). The van der Waals surface area contributed by atoms with Gasteiger partial charge in [-0.1, -0.05) is 0 Å². The third kappa shape index (κ3) is 6.96. The molecule has 0 fully saturated rings. The van der Waals surface area contributed by atoms with Crippen molar-refractivity contribution >= 4 is 43.6 Å². The van der Waals surface area contributed by atoms with E-state index in [9.17, 15) is 53.2 Å². The first-order valence-electron chi connectivity index (χ1n) is 7.21.